The molecule has 5 heterocycles. The van der Waals surface area contributed by atoms with Crippen molar-refractivity contribution < 1.29 is 18.9 Å². The summed E-state index contributed by atoms with van der Waals surface area (Å²) in [5.41, 5.74) is 4.69. The Morgan fingerprint density at radius 1 is 0.383 bits per heavy atom. The van der Waals surface area contributed by atoms with Gasteiger partial charge < -0.3 is 18.9 Å². The molecule has 0 saturated heterocycles. The van der Waals surface area contributed by atoms with Crippen LogP contribution in [0.25, 0.3) is 66.6 Å². The third kappa shape index (κ3) is 6.98. The van der Waals surface area contributed by atoms with Crippen molar-refractivity contribution >= 4 is 43.6 Å². The van der Waals surface area contributed by atoms with Gasteiger partial charge in [-0.2, -0.15) is 0 Å². The number of fused-ring (bicyclic) bond motifs is 6. The lowest BCUT2D eigenvalue weighted by Gasteiger charge is -2.14. The van der Waals surface area contributed by atoms with Crippen LogP contribution in [0.3, 0.4) is 0 Å². The summed E-state index contributed by atoms with van der Waals surface area (Å²) >= 11 is 0. The van der Waals surface area contributed by atoms with Crippen molar-refractivity contribution in [2.45, 2.75) is 39.9 Å². The molecule has 10 rings (SSSR count). The second kappa shape index (κ2) is 15.2. The van der Waals surface area contributed by atoms with Crippen LogP contribution in [0.5, 0.6) is 34.5 Å². The summed E-state index contributed by atoms with van der Waals surface area (Å²) < 4.78 is 29.8. The Bertz CT molecular complexity index is 3000. The van der Waals surface area contributed by atoms with Gasteiger partial charge >= 0.3 is 0 Å². The molecule has 0 spiro atoms. The maximum absolute atomic E-state index is 6.70. The summed E-state index contributed by atoms with van der Waals surface area (Å²) in [5, 5.41) is 4.37. The fraction of sp³-hybridized carbons (Fsp3) is 0.120. The molecule has 0 amide bonds. The first-order valence-corrected chi connectivity index (χ1v) is 20.0. The summed E-state index contributed by atoms with van der Waals surface area (Å²) in [6, 6.07) is 44.1. The Morgan fingerprint density at radius 3 is 1.33 bits per heavy atom. The molecule has 294 valence electrons. The lowest BCUT2D eigenvalue weighted by Crippen LogP contribution is -2.06. The summed E-state index contributed by atoms with van der Waals surface area (Å²) in [6.45, 7) is 8.06. The summed E-state index contributed by atoms with van der Waals surface area (Å²) in [4.78, 5) is 18.6. The van der Waals surface area contributed by atoms with Gasteiger partial charge in [-0.25, -0.2) is 19.9 Å². The topological polar surface area (TPSA) is 98.3 Å². The molecule has 10 aromatic rings. The monoisotopic (exact) mass is 788 g/mol. The van der Waals surface area contributed by atoms with Crippen molar-refractivity contribution in [3.8, 4) is 57.5 Å². The van der Waals surface area contributed by atoms with E-state index in [2.05, 4.69) is 67.6 Å². The number of para-hydroxylation sites is 2. The van der Waals surface area contributed by atoms with Crippen molar-refractivity contribution in [1.29, 1.82) is 0 Å². The normalized spacial score (nSPS) is 11.6. The van der Waals surface area contributed by atoms with Gasteiger partial charge in [0.1, 0.15) is 46.1 Å². The van der Waals surface area contributed by atoms with E-state index in [1.807, 2.05) is 107 Å². The third-order valence-corrected chi connectivity index (χ3v) is 10.1. The van der Waals surface area contributed by atoms with E-state index >= 15 is 0 Å². The van der Waals surface area contributed by atoms with Crippen LogP contribution < -0.4 is 18.9 Å². The van der Waals surface area contributed by atoms with Crippen LogP contribution in [0.15, 0.2) is 158 Å². The van der Waals surface area contributed by atoms with Crippen LogP contribution in [-0.4, -0.2) is 41.3 Å². The van der Waals surface area contributed by atoms with Crippen molar-refractivity contribution in [2.24, 2.45) is 0 Å². The highest BCUT2D eigenvalue weighted by atomic mass is 16.5. The molecule has 10 heteroatoms. The Morgan fingerprint density at radius 2 is 0.850 bits per heavy atom. The molecule has 0 radical (unpaired) electrons. The number of pyridine rings is 2. The Hall–Kier alpha value is -7.72. The summed E-state index contributed by atoms with van der Waals surface area (Å²) in [6.07, 6.45) is 7.07. The fourth-order valence-electron chi connectivity index (χ4n) is 7.80. The van der Waals surface area contributed by atoms with Crippen LogP contribution in [-0.2, 0) is 0 Å². The zero-order chi connectivity index (χ0) is 40.7. The first-order valence-electron chi connectivity index (χ1n) is 20.0. The van der Waals surface area contributed by atoms with Crippen molar-refractivity contribution in [3.63, 3.8) is 0 Å². The second-order valence-electron chi connectivity index (χ2n) is 15.1. The van der Waals surface area contributed by atoms with Crippen LogP contribution >= 0.6 is 0 Å². The second-order valence-corrected chi connectivity index (χ2v) is 15.1. The smallest absolute Gasteiger partial charge is 0.159 e. The molecule has 0 aliphatic heterocycles. The van der Waals surface area contributed by atoms with Crippen molar-refractivity contribution in [1.82, 2.24) is 29.1 Å². The number of ether oxygens (including phenoxy) is 4. The molecule has 0 unspecified atom stereocenters. The number of hydrogen-bond acceptors (Lipinski definition) is 8. The summed E-state index contributed by atoms with van der Waals surface area (Å²) in [5.74, 6) is 5.95. The van der Waals surface area contributed by atoms with Gasteiger partial charge in [0, 0.05) is 82.2 Å². The van der Waals surface area contributed by atoms with Crippen LogP contribution in [0, 0.1) is 0 Å². The zero-order valence-corrected chi connectivity index (χ0v) is 33.5. The average molecular weight is 789 g/mol. The van der Waals surface area contributed by atoms with Gasteiger partial charge in [0.15, 0.2) is 5.82 Å². The van der Waals surface area contributed by atoms with E-state index in [0.29, 0.717) is 28.8 Å². The van der Waals surface area contributed by atoms with Crippen molar-refractivity contribution in [3.05, 3.63) is 158 Å². The first kappa shape index (κ1) is 36.6. The Kier molecular flexibility index (Phi) is 9.29. The van der Waals surface area contributed by atoms with Crippen LogP contribution in [0.4, 0.5) is 0 Å². The molecular formula is C50H40N6O4. The van der Waals surface area contributed by atoms with Gasteiger partial charge in [-0.1, -0.05) is 36.4 Å². The number of aromatic nitrogens is 6. The molecule has 0 fully saturated rings. The Balaban J connectivity index is 1.05. The maximum atomic E-state index is 6.70. The molecule has 5 aromatic heterocycles. The molecule has 0 aliphatic rings. The minimum absolute atomic E-state index is 0.0314. The van der Waals surface area contributed by atoms with Gasteiger partial charge in [0.2, 0.25) is 0 Å². The minimum atomic E-state index is 0.0314. The minimum Gasteiger partial charge on any atom is -0.491 e. The van der Waals surface area contributed by atoms with Gasteiger partial charge in [0.25, 0.3) is 0 Å². The highest BCUT2D eigenvalue weighted by molar-refractivity contribution is 6.10. The largest absolute Gasteiger partial charge is 0.491 e. The molecule has 0 saturated carbocycles. The van der Waals surface area contributed by atoms with Gasteiger partial charge in [-0.15, -0.1) is 0 Å². The highest BCUT2D eigenvalue weighted by Gasteiger charge is 2.18. The van der Waals surface area contributed by atoms with Crippen LogP contribution in [0.2, 0.25) is 0 Å². The van der Waals surface area contributed by atoms with Gasteiger partial charge in [-0.05, 0) is 94.4 Å². The molecule has 0 aliphatic carbocycles. The van der Waals surface area contributed by atoms with E-state index in [-0.39, 0.29) is 12.2 Å². The SMILES string of the molecule is CC(C)Oc1ccnc(-n2c3ccccc3c3ccc(Oc4cc(Oc5ccc6c7ccccc7n(-c7cc(OC(C)C)ccn7)c6c5)cc(-c5ncccn5)c4)cc32)c1. The van der Waals surface area contributed by atoms with Gasteiger partial charge in [-0.3, -0.25) is 9.13 Å². The lowest BCUT2D eigenvalue weighted by molar-refractivity contribution is 0.242. The molecule has 0 atom stereocenters. The predicted molar refractivity (Wildman–Crippen MR) is 236 cm³/mol. The van der Waals surface area contributed by atoms with E-state index in [1.54, 1.807) is 30.9 Å². The molecule has 5 aromatic carbocycles. The Labute approximate surface area is 346 Å². The lowest BCUT2D eigenvalue weighted by atomic mass is 10.1. The predicted octanol–water partition coefficient (Wildman–Crippen LogP) is 12.3. The third-order valence-electron chi connectivity index (χ3n) is 10.1. The molecule has 0 N–H and O–H groups in total. The number of rotatable bonds is 11. The standard InChI is InChI=1S/C50H40N6O4/c1-31(2)57-36-18-22-51-48(29-36)55-44-12-7-5-10-40(44)42-16-14-34(27-46(42)55)59-38-24-33(50-53-20-9-21-54-50)25-39(26-38)60-35-15-17-43-41-11-6-8-13-45(41)56(47(43)28-35)49-30-37(19-23-52-49)58-32(3)4/h5-32H,1-4H3. The molecular weight excluding hydrogens is 749 g/mol. The van der Waals surface area contributed by atoms with E-state index < -0.39 is 0 Å². The number of nitrogens with zero attached hydrogens (tertiary/aromatic N) is 6. The molecule has 0 bridgehead atoms. The van der Waals surface area contributed by atoms with Crippen LogP contribution in [0.1, 0.15) is 27.7 Å². The fourth-order valence-corrected chi connectivity index (χ4v) is 7.80. The maximum Gasteiger partial charge on any atom is 0.159 e. The van der Waals surface area contributed by atoms with E-state index in [4.69, 9.17) is 28.9 Å². The van der Waals surface area contributed by atoms with E-state index in [9.17, 15) is 0 Å². The summed E-state index contributed by atoms with van der Waals surface area (Å²) in [7, 11) is 0. The quantitative estimate of drug-likeness (QED) is 0.128. The van der Waals surface area contributed by atoms with Crippen molar-refractivity contribution in [2.75, 3.05) is 0 Å². The first-order chi connectivity index (χ1) is 29.3. The van der Waals surface area contributed by atoms with Gasteiger partial charge in [0.05, 0.1) is 34.3 Å². The number of benzene rings is 5. The van der Waals surface area contributed by atoms with E-state index in [0.717, 1.165) is 72.3 Å². The average Bonchev–Trinajstić information content (AvgIpc) is 3.76. The molecule has 60 heavy (non-hydrogen) atoms. The zero-order valence-electron chi connectivity index (χ0n) is 33.5. The molecule has 10 nitrogen and oxygen atoms in total. The highest BCUT2D eigenvalue weighted by Crippen LogP contribution is 2.39. The van der Waals surface area contributed by atoms with E-state index in [1.165, 1.54) is 0 Å². The number of hydrogen-bond donors (Lipinski definition) is 0.